The molecule has 0 N–H and O–H groups in total. The normalized spacial score (nSPS) is 17.3. The van der Waals surface area contributed by atoms with E-state index >= 15 is 0 Å². The van der Waals surface area contributed by atoms with Gasteiger partial charge in [-0.3, -0.25) is 0 Å². The van der Waals surface area contributed by atoms with E-state index in [2.05, 4.69) is 41.5 Å². The van der Waals surface area contributed by atoms with Crippen molar-refractivity contribution in [3.05, 3.63) is 0 Å². The van der Waals surface area contributed by atoms with Gasteiger partial charge < -0.3 is 17.7 Å². The molecule has 0 aromatic rings. The Labute approximate surface area is 158 Å². The quantitative estimate of drug-likeness (QED) is 0.298. The smallest absolute Gasteiger partial charge is 0.351 e. The van der Waals surface area contributed by atoms with Crippen LogP contribution in [0.25, 0.3) is 0 Å². The molecule has 0 spiro atoms. The van der Waals surface area contributed by atoms with Crippen LogP contribution in [0.2, 0.25) is 0 Å². The van der Waals surface area contributed by atoms with Crippen LogP contribution in [0.1, 0.15) is 107 Å². The molecule has 0 heterocycles. The summed E-state index contributed by atoms with van der Waals surface area (Å²) in [5.41, 5.74) is -0.544. The fourth-order valence-corrected chi connectivity index (χ4v) is 5.61. The Kier molecular flexibility index (Phi) is 12.5. The van der Waals surface area contributed by atoms with Crippen molar-refractivity contribution in [3.63, 3.8) is 0 Å². The molecule has 4 nitrogen and oxygen atoms in total. The molecule has 5 heteroatoms. The van der Waals surface area contributed by atoms with Crippen LogP contribution in [0.4, 0.5) is 0 Å². The Hall–Kier alpha value is 0.0569. The van der Waals surface area contributed by atoms with Crippen molar-refractivity contribution in [2.24, 2.45) is 0 Å². The molecule has 0 aromatic carbocycles. The van der Waals surface area contributed by atoms with Crippen molar-refractivity contribution in [2.75, 3.05) is 13.2 Å². The molecule has 2 unspecified atom stereocenters. The van der Waals surface area contributed by atoms with Crippen LogP contribution in [0.15, 0.2) is 0 Å². The molecule has 25 heavy (non-hydrogen) atoms. The summed E-state index contributed by atoms with van der Waals surface area (Å²) in [7, 11) is -3.21. The van der Waals surface area contributed by atoms with Crippen molar-refractivity contribution < 1.29 is 17.7 Å². The molecule has 152 valence electrons. The van der Waals surface area contributed by atoms with E-state index in [4.69, 9.17) is 17.7 Å². The highest BCUT2D eigenvalue weighted by Crippen LogP contribution is 2.34. The van der Waals surface area contributed by atoms with Gasteiger partial charge in [-0.05, 0) is 53.4 Å². The average molecular weight is 377 g/mol. The van der Waals surface area contributed by atoms with Crippen molar-refractivity contribution in [2.45, 2.75) is 118 Å². The van der Waals surface area contributed by atoms with Crippen LogP contribution >= 0.6 is 0 Å². The maximum atomic E-state index is 6.61. The predicted octanol–water partition coefficient (Wildman–Crippen LogP) is 6.25. The lowest BCUT2D eigenvalue weighted by Gasteiger charge is -2.42. The molecule has 0 aliphatic carbocycles. The van der Waals surface area contributed by atoms with Gasteiger partial charge in [0.2, 0.25) is 0 Å². The fraction of sp³-hybridized carbons (Fsp3) is 1.00. The molecule has 0 fully saturated rings. The summed E-state index contributed by atoms with van der Waals surface area (Å²) in [5, 5.41) is 0. The monoisotopic (exact) mass is 376 g/mol. The van der Waals surface area contributed by atoms with Crippen LogP contribution in [-0.2, 0) is 17.7 Å². The molecule has 0 saturated heterocycles. The first kappa shape index (κ1) is 25.1. The first-order valence-corrected chi connectivity index (χ1v) is 12.1. The summed E-state index contributed by atoms with van der Waals surface area (Å²) in [4.78, 5) is 0. The molecule has 0 aliphatic heterocycles. The number of hydrogen-bond acceptors (Lipinski definition) is 4. The van der Waals surface area contributed by atoms with Gasteiger partial charge in [0, 0.05) is 13.2 Å². The Morgan fingerprint density at radius 3 is 1.24 bits per heavy atom. The van der Waals surface area contributed by atoms with Gasteiger partial charge >= 0.3 is 9.05 Å². The molecular formula is C20H44O4Si. The van der Waals surface area contributed by atoms with Gasteiger partial charge in [-0.15, -0.1) is 0 Å². The maximum Gasteiger partial charge on any atom is 0.680 e. The zero-order chi connectivity index (χ0) is 19.4. The zero-order valence-electron chi connectivity index (χ0n) is 18.2. The lowest BCUT2D eigenvalue weighted by atomic mass is 9.96. The number of unbranched alkanes of at least 4 members (excludes halogenated alkanes) is 2. The Morgan fingerprint density at radius 1 is 0.640 bits per heavy atom. The van der Waals surface area contributed by atoms with Gasteiger partial charge in [0.25, 0.3) is 0 Å². The third kappa shape index (κ3) is 9.00. The molecule has 0 radical (unpaired) electrons. The summed E-state index contributed by atoms with van der Waals surface area (Å²) in [6, 6.07) is 0. The van der Waals surface area contributed by atoms with E-state index in [1.807, 2.05) is 13.8 Å². The minimum absolute atomic E-state index is 0.272. The molecule has 0 bridgehead atoms. The Bertz CT molecular complexity index is 308. The van der Waals surface area contributed by atoms with Crippen molar-refractivity contribution in [1.82, 2.24) is 0 Å². The molecular weight excluding hydrogens is 332 g/mol. The van der Waals surface area contributed by atoms with Crippen LogP contribution < -0.4 is 0 Å². The largest absolute Gasteiger partial charge is 0.680 e. The minimum Gasteiger partial charge on any atom is -0.351 e. The van der Waals surface area contributed by atoms with Gasteiger partial charge in [-0.2, -0.15) is 0 Å². The SMILES string of the molecule is CCCCC(C)(CC)O[Si](OCC)(OCC)OC(C)(CC)CCCC. The highest BCUT2D eigenvalue weighted by Gasteiger charge is 2.53. The van der Waals surface area contributed by atoms with E-state index in [0.29, 0.717) is 13.2 Å². The zero-order valence-corrected chi connectivity index (χ0v) is 19.2. The van der Waals surface area contributed by atoms with Crippen LogP contribution in [0.5, 0.6) is 0 Å². The van der Waals surface area contributed by atoms with Gasteiger partial charge in [-0.25, -0.2) is 0 Å². The van der Waals surface area contributed by atoms with Gasteiger partial charge in [0.1, 0.15) is 0 Å². The number of hydrogen-bond donors (Lipinski definition) is 0. The minimum atomic E-state index is -3.21. The Balaban J connectivity index is 5.52. The molecule has 0 aromatic heterocycles. The van der Waals surface area contributed by atoms with E-state index in [-0.39, 0.29) is 11.2 Å². The van der Waals surface area contributed by atoms with Crippen LogP contribution in [0, 0.1) is 0 Å². The second kappa shape index (κ2) is 12.4. The van der Waals surface area contributed by atoms with E-state index in [0.717, 1.165) is 51.4 Å². The third-order valence-corrected chi connectivity index (χ3v) is 7.77. The lowest BCUT2D eigenvalue weighted by molar-refractivity contribution is -0.128. The van der Waals surface area contributed by atoms with Gasteiger partial charge in [0.15, 0.2) is 0 Å². The van der Waals surface area contributed by atoms with Crippen LogP contribution in [0.3, 0.4) is 0 Å². The molecule has 0 aliphatic rings. The first-order chi connectivity index (χ1) is 11.8. The third-order valence-electron chi connectivity index (χ3n) is 5.00. The summed E-state index contributed by atoms with van der Waals surface area (Å²) in [6.45, 7) is 18.1. The predicted molar refractivity (Wildman–Crippen MR) is 108 cm³/mol. The van der Waals surface area contributed by atoms with Crippen molar-refractivity contribution >= 4 is 9.05 Å². The summed E-state index contributed by atoms with van der Waals surface area (Å²) in [6.07, 6.45) is 8.40. The summed E-state index contributed by atoms with van der Waals surface area (Å²) < 4.78 is 25.4. The van der Waals surface area contributed by atoms with Crippen LogP contribution in [-0.4, -0.2) is 33.5 Å². The van der Waals surface area contributed by atoms with Gasteiger partial charge in [-0.1, -0.05) is 53.4 Å². The molecule has 0 saturated carbocycles. The average Bonchev–Trinajstić information content (AvgIpc) is 2.58. The van der Waals surface area contributed by atoms with Gasteiger partial charge in [0.05, 0.1) is 11.2 Å². The Morgan fingerprint density at radius 2 is 1.00 bits per heavy atom. The molecule has 0 amide bonds. The highest BCUT2D eigenvalue weighted by molar-refractivity contribution is 6.53. The van der Waals surface area contributed by atoms with E-state index < -0.39 is 9.05 Å². The summed E-state index contributed by atoms with van der Waals surface area (Å²) in [5.74, 6) is 0. The van der Waals surface area contributed by atoms with E-state index in [9.17, 15) is 0 Å². The standard InChI is InChI=1S/C20H44O4Si/c1-9-15-17-19(7,11-3)23-25(21-13-5,22-14-6)24-20(8,12-4)18-16-10-2/h9-18H2,1-8H3. The number of rotatable bonds is 16. The highest BCUT2D eigenvalue weighted by atomic mass is 28.4. The maximum absolute atomic E-state index is 6.61. The molecule has 0 rings (SSSR count). The summed E-state index contributed by atoms with van der Waals surface area (Å²) >= 11 is 0. The lowest BCUT2D eigenvalue weighted by Crippen LogP contribution is -2.58. The second-order valence-corrected chi connectivity index (χ2v) is 9.37. The van der Waals surface area contributed by atoms with Crippen molar-refractivity contribution in [3.8, 4) is 0 Å². The fourth-order valence-electron chi connectivity index (χ4n) is 2.84. The topological polar surface area (TPSA) is 36.9 Å². The van der Waals surface area contributed by atoms with Crippen molar-refractivity contribution in [1.29, 1.82) is 0 Å². The first-order valence-electron chi connectivity index (χ1n) is 10.5. The van der Waals surface area contributed by atoms with E-state index in [1.165, 1.54) is 0 Å². The van der Waals surface area contributed by atoms with E-state index in [1.54, 1.807) is 0 Å². The second-order valence-electron chi connectivity index (χ2n) is 7.38. The molecule has 2 atom stereocenters.